The first-order chi connectivity index (χ1) is 11.7. The van der Waals surface area contributed by atoms with Crippen molar-refractivity contribution < 1.29 is 18.0 Å². The first-order valence-corrected chi connectivity index (χ1v) is 9.59. The van der Waals surface area contributed by atoms with Crippen molar-refractivity contribution in [3.05, 3.63) is 29.8 Å². The zero-order valence-corrected chi connectivity index (χ0v) is 15.3. The third-order valence-corrected chi connectivity index (χ3v) is 5.09. The van der Waals surface area contributed by atoms with E-state index in [-0.39, 0.29) is 22.8 Å². The second kappa shape index (κ2) is 7.83. The van der Waals surface area contributed by atoms with Crippen molar-refractivity contribution in [2.45, 2.75) is 24.3 Å². The van der Waals surface area contributed by atoms with Gasteiger partial charge in [-0.15, -0.1) is 0 Å². The minimum Gasteiger partial charge on any atom is -0.352 e. The summed E-state index contributed by atoms with van der Waals surface area (Å²) in [5, 5.41) is 7.90. The van der Waals surface area contributed by atoms with Gasteiger partial charge in [0.15, 0.2) is 0 Å². The Morgan fingerprint density at radius 3 is 2.48 bits per heavy atom. The van der Waals surface area contributed by atoms with Crippen LogP contribution in [0.5, 0.6) is 0 Å². The summed E-state index contributed by atoms with van der Waals surface area (Å²) in [6, 6.07) is 5.96. The van der Waals surface area contributed by atoms with Gasteiger partial charge in [-0.1, -0.05) is 12.1 Å². The molecule has 1 saturated heterocycles. The molecule has 138 valence electrons. The Kier molecular flexibility index (Phi) is 6.02. The van der Waals surface area contributed by atoms with E-state index in [4.69, 9.17) is 5.14 Å². The number of nitrogens with one attached hydrogen (secondary N) is 1. The Labute approximate surface area is 148 Å². The summed E-state index contributed by atoms with van der Waals surface area (Å²) >= 11 is 0. The lowest BCUT2D eigenvalue weighted by molar-refractivity contribution is -0.126. The van der Waals surface area contributed by atoms with Crippen LogP contribution in [-0.2, 0) is 21.4 Å². The highest BCUT2D eigenvalue weighted by molar-refractivity contribution is 7.89. The monoisotopic (exact) mass is 368 g/mol. The van der Waals surface area contributed by atoms with Gasteiger partial charge in [-0.05, 0) is 30.5 Å². The fourth-order valence-corrected chi connectivity index (χ4v) is 3.29. The van der Waals surface area contributed by atoms with Crippen LogP contribution in [0, 0.1) is 5.92 Å². The van der Waals surface area contributed by atoms with Crippen molar-refractivity contribution >= 4 is 22.0 Å². The van der Waals surface area contributed by atoms with E-state index in [9.17, 15) is 18.0 Å². The number of carbonyl (C=O) groups is 2. The van der Waals surface area contributed by atoms with E-state index in [1.165, 1.54) is 17.0 Å². The van der Waals surface area contributed by atoms with Gasteiger partial charge in [0.05, 0.1) is 10.8 Å². The lowest BCUT2D eigenvalue weighted by atomic mass is 9.97. The van der Waals surface area contributed by atoms with Crippen LogP contribution in [0.4, 0.5) is 4.79 Å². The molecule has 1 aliphatic rings. The molecule has 0 aromatic heterocycles. The Morgan fingerprint density at radius 2 is 1.92 bits per heavy atom. The fraction of sp³-hybridized carbons (Fsp3) is 0.500. The van der Waals surface area contributed by atoms with Crippen LogP contribution < -0.4 is 10.5 Å². The number of amides is 3. The molecule has 9 heteroatoms. The lowest BCUT2D eigenvalue weighted by Gasteiger charge is -2.33. The van der Waals surface area contributed by atoms with Gasteiger partial charge in [-0.25, -0.2) is 18.4 Å². The largest absolute Gasteiger partial charge is 0.352 e. The second-order valence-corrected chi connectivity index (χ2v) is 7.93. The van der Waals surface area contributed by atoms with Gasteiger partial charge in [0.1, 0.15) is 0 Å². The normalized spacial score (nSPS) is 17.9. The summed E-state index contributed by atoms with van der Waals surface area (Å²) in [5.74, 6) is -0.340. The molecule has 1 atom stereocenters. The third kappa shape index (κ3) is 5.17. The van der Waals surface area contributed by atoms with Gasteiger partial charge in [-0.2, -0.15) is 0 Å². The van der Waals surface area contributed by atoms with E-state index in [1.54, 1.807) is 31.1 Å². The minimum atomic E-state index is -3.72. The Hall–Kier alpha value is -2.13. The number of primary sulfonamides is 1. The smallest absolute Gasteiger partial charge is 0.319 e. The summed E-state index contributed by atoms with van der Waals surface area (Å²) in [4.78, 5) is 27.6. The van der Waals surface area contributed by atoms with Gasteiger partial charge < -0.3 is 15.1 Å². The first kappa shape index (κ1) is 19.2. The molecule has 0 saturated carbocycles. The molecule has 1 aliphatic heterocycles. The van der Waals surface area contributed by atoms with Crippen molar-refractivity contribution in [1.29, 1.82) is 0 Å². The Bertz CT molecular complexity index is 731. The third-order valence-electron chi connectivity index (χ3n) is 4.16. The predicted molar refractivity (Wildman–Crippen MR) is 93.0 cm³/mol. The molecule has 1 aromatic rings. The number of likely N-dealkylation sites (tertiary alicyclic amines) is 1. The number of carbonyl (C=O) groups excluding carboxylic acids is 2. The molecule has 0 aliphatic carbocycles. The van der Waals surface area contributed by atoms with Crippen LogP contribution >= 0.6 is 0 Å². The van der Waals surface area contributed by atoms with Crippen molar-refractivity contribution in [3.63, 3.8) is 0 Å². The number of rotatable bonds is 4. The maximum Gasteiger partial charge on any atom is 0.319 e. The van der Waals surface area contributed by atoms with E-state index < -0.39 is 10.0 Å². The van der Waals surface area contributed by atoms with Crippen molar-refractivity contribution in [1.82, 2.24) is 15.1 Å². The summed E-state index contributed by atoms with van der Waals surface area (Å²) in [7, 11) is -0.335. The number of hydrogen-bond donors (Lipinski definition) is 2. The molecule has 3 amide bonds. The quantitative estimate of drug-likeness (QED) is 0.798. The van der Waals surface area contributed by atoms with Crippen LogP contribution in [0.1, 0.15) is 18.4 Å². The number of nitrogens with zero attached hydrogens (tertiary/aromatic N) is 2. The molecule has 0 radical (unpaired) electrons. The van der Waals surface area contributed by atoms with E-state index in [0.717, 1.165) is 18.4 Å². The lowest BCUT2D eigenvalue weighted by Crippen LogP contribution is -2.48. The van der Waals surface area contributed by atoms with Gasteiger partial charge in [-0.3, -0.25) is 4.79 Å². The average molecular weight is 368 g/mol. The highest BCUT2D eigenvalue weighted by Gasteiger charge is 2.28. The molecule has 0 bridgehead atoms. The van der Waals surface area contributed by atoms with E-state index >= 15 is 0 Å². The van der Waals surface area contributed by atoms with Crippen molar-refractivity contribution in [3.8, 4) is 0 Å². The number of hydrogen-bond acceptors (Lipinski definition) is 4. The topological polar surface area (TPSA) is 113 Å². The number of sulfonamides is 1. The standard InChI is InChI=1S/C16H24N4O4S/c1-19(2)16(22)20-9-3-4-13(11-20)15(21)18-10-12-5-7-14(8-6-12)25(17,23)24/h5-8,13H,3-4,9-11H2,1-2H3,(H,18,21)(H2,17,23,24). The summed E-state index contributed by atoms with van der Waals surface area (Å²) < 4.78 is 22.4. The molecule has 2 rings (SSSR count). The molecule has 8 nitrogen and oxygen atoms in total. The van der Waals surface area contributed by atoms with Crippen LogP contribution in [0.2, 0.25) is 0 Å². The molecule has 3 N–H and O–H groups in total. The average Bonchev–Trinajstić information content (AvgIpc) is 2.58. The molecule has 1 heterocycles. The molecule has 0 spiro atoms. The molecule has 25 heavy (non-hydrogen) atoms. The molecule has 1 aromatic carbocycles. The van der Waals surface area contributed by atoms with Crippen molar-refractivity contribution in [2.24, 2.45) is 11.1 Å². The van der Waals surface area contributed by atoms with Crippen LogP contribution in [-0.4, -0.2) is 57.3 Å². The minimum absolute atomic E-state index is 0.0349. The van der Waals surface area contributed by atoms with E-state index in [0.29, 0.717) is 19.6 Å². The molecular weight excluding hydrogens is 344 g/mol. The number of benzene rings is 1. The zero-order chi connectivity index (χ0) is 18.6. The van der Waals surface area contributed by atoms with Gasteiger partial charge in [0, 0.05) is 33.7 Å². The summed E-state index contributed by atoms with van der Waals surface area (Å²) in [5.41, 5.74) is 0.776. The summed E-state index contributed by atoms with van der Waals surface area (Å²) in [6.45, 7) is 1.37. The van der Waals surface area contributed by atoms with E-state index in [1.807, 2.05) is 0 Å². The number of urea groups is 1. The molecular formula is C16H24N4O4S. The SMILES string of the molecule is CN(C)C(=O)N1CCCC(C(=O)NCc2ccc(S(N)(=O)=O)cc2)C1. The maximum atomic E-state index is 12.4. The second-order valence-electron chi connectivity index (χ2n) is 6.37. The Balaban J connectivity index is 1.90. The van der Waals surface area contributed by atoms with Gasteiger partial charge in [0.25, 0.3) is 0 Å². The Morgan fingerprint density at radius 1 is 1.28 bits per heavy atom. The van der Waals surface area contributed by atoms with Crippen LogP contribution in [0.3, 0.4) is 0 Å². The number of nitrogens with two attached hydrogens (primary N) is 1. The molecule has 1 unspecified atom stereocenters. The highest BCUT2D eigenvalue weighted by atomic mass is 32.2. The van der Waals surface area contributed by atoms with E-state index in [2.05, 4.69) is 5.32 Å². The maximum absolute atomic E-state index is 12.4. The van der Waals surface area contributed by atoms with Crippen molar-refractivity contribution in [2.75, 3.05) is 27.2 Å². The van der Waals surface area contributed by atoms with Gasteiger partial charge in [0.2, 0.25) is 15.9 Å². The first-order valence-electron chi connectivity index (χ1n) is 8.04. The highest BCUT2D eigenvalue weighted by Crippen LogP contribution is 2.18. The zero-order valence-electron chi connectivity index (χ0n) is 14.4. The summed E-state index contributed by atoms with van der Waals surface area (Å²) in [6.07, 6.45) is 1.54. The predicted octanol–water partition coefficient (Wildman–Crippen LogP) is 0.344. The van der Waals surface area contributed by atoms with Gasteiger partial charge >= 0.3 is 6.03 Å². The molecule has 1 fully saturated rings. The fourth-order valence-electron chi connectivity index (χ4n) is 2.78. The number of piperidine rings is 1. The van der Waals surface area contributed by atoms with Crippen LogP contribution in [0.25, 0.3) is 0 Å². The van der Waals surface area contributed by atoms with Crippen LogP contribution in [0.15, 0.2) is 29.2 Å².